The van der Waals surface area contributed by atoms with Crippen molar-refractivity contribution in [2.45, 2.75) is 231 Å². The van der Waals surface area contributed by atoms with E-state index in [4.69, 9.17) is 10.5 Å². The molecule has 0 aromatic rings. The fraction of sp³-hybridized carbons (Fsp3) is 1.00. The Bertz CT molecular complexity index is 492. The second kappa shape index (κ2) is 35.8. The van der Waals surface area contributed by atoms with Gasteiger partial charge in [-0.25, -0.2) is 0 Å². The van der Waals surface area contributed by atoms with Gasteiger partial charge in [-0.1, -0.05) is 201 Å². The van der Waals surface area contributed by atoms with Gasteiger partial charge in [-0.3, -0.25) is 0 Å². The number of ether oxygens (including phenoxy) is 1. The first-order chi connectivity index (χ1) is 20.1. The van der Waals surface area contributed by atoms with Crippen LogP contribution in [0.3, 0.4) is 0 Å². The monoisotopic (exact) mass is 662 g/mol. The third kappa shape index (κ3) is 29.1. The van der Waals surface area contributed by atoms with Gasteiger partial charge in [-0.15, -0.1) is 17.0 Å². The van der Waals surface area contributed by atoms with Gasteiger partial charge in [0.15, 0.2) is 0 Å². The molecule has 0 amide bonds. The first-order valence-corrected chi connectivity index (χ1v) is 19.2. The number of hydrogen-bond acceptors (Lipinski definition) is 3. The summed E-state index contributed by atoms with van der Waals surface area (Å²) in [4.78, 5) is 0. The number of aliphatic hydroxyl groups is 1. The zero-order valence-electron chi connectivity index (χ0n) is 29.3. The van der Waals surface area contributed by atoms with Gasteiger partial charge in [0.1, 0.15) is 0 Å². The Hall–Kier alpha value is 0.360. The van der Waals surface area contributed by atoms with Gasteiger partial charge in [0.25, 0.3) is 0 Å². The summed E-state index contributed by atoms with van der Waals surface area (Å²) in [5.74, 6) is 0. The highest BCUT2D eigenvalue weighted by molar-refractivity contribution is 8.93. The summed E-state index contributed by atoms with van der Waals surface area (Å²) >= 11 is 0. The van der Waals surface area contributed by atoms with E-state index in [1.807, 2.05) is 0 Å². The lowest BCUT2D eigenvalue weighted by atomic mass is 9.82. The predicted octanol–water partition coefficient (Wildman–Crippen LogP) is 12.8. The molecule has 42 heavy (non-hydrogen) atoms. The molecule has 0 aromatic heterocycles. The summed E-state index contributed by atoms with van der Waals surface area (Å²) in [6.45, 7) is 7.32. The van der Waals surface area contributed by atoms with Crippen LogP contribution in [0.25, 0.3) is 0 Å². The molecule has 0 bridgehead atoms. The molecule has 0 saturated heterocycles. The molecule has 0 saturated carbocycles. The molecule has 0 radical (unpaired) electrons. The lowest BCUT2D eigenvalue weighted by molar-refractivity contribution is -0.0276. The van der Waals surface area contributed by atoms with Crippen LogP contribution in [0.5, 0.6) is 0 Å². The van der Waals surface area contributed by atoms with Crippen molar-refractivity contribution in [3.63, 3.8) is 0 Å². The molecule has 0 aliphatic heterocycles. The molecule has 0 aromatic carbocycles. The SMILES string of the molecule is Br.CCCCCCCCCCCCCCCCC(OCCO)C(N)(CC)CCCCCCCCCCCCCCCC. The molecule has 4 heteroatoms. The minimum atomic E-state index is -0.247. The van der Waals surface area contributed by atoms with Crippen molar-refractivity contribution in [1.29, 1.82) is 0 Å². The van der Waals surface area contributed by atoms with Crippen LogP contribution in [0.1, 0.15) is 220 Å². The number of unbranched alkanes of at least 4 members (excludes halogenated alkanes) is 26. The number of rotatable bonds is 35. The fourth-order valence-corrected chi connectivity index (χ4v) is 6.47. The van der Waals surface area contributed by atoms with Crippen molar-refractivity contribution < 1.29 is 9.84 Å². The highest BCUT2D eigenvalue weighted by Crippen LogP contribution is 2.27. The lowest BCUT2D eigenvalue weighted by Crippen LogP contribution is -2.52. The molecule has 0 fully saturated rings. The molecule has 3 N–H and O–H groups in total. The van der Waals surface area contributed by atoms with Crippen LogP contribution in [0.15, 0.2) is 0 Å². The van der Waals surface area contributed by atoms with E-state index in [0.29, 0.717) is 6.61 Å². The van der Waals surface area contributed by atoms with Crippen molar-refractivity contribution in [3.05, 3.63) is 0 Å². The highest BCUT2D eigenvalue weighted by atomic mass is 79.9. The normalized spacial score (nSPS) is 13.6. The zero-order chi connectivity index (χ0) is 30.1. The van der Waals surface area contributed by atoms with Gasteiger partial charge in [0, 0.05) is 5.54 Å². The Labute approximate surface area is 276 Å². The summed E-state index contributed by atoms with van der Waals surface area (Å²) in [6.07, 6.45) is 42.0. The van der Waals surface area contributed by atoms with E-state index in [0.717, 1.165) is 19.3 Å². The first-order valence-electron chi connectivity index (χ1n) is 19.2. The van der Waals surface area contributed by atoms with Gasteiger partial charge in [0.2, 0.25) is 0 Å². The second-order valence-electron chi connectivity index (χ2n) is 13.4. The number of nitrogens with two attached hydrogens (primary N) is 1. The summed E-state index contributed by atoms with van der Waals surface area (Å²) in [5, 5.41) is 9.39. The van der Waals surface area contributed by atoms with E-state index in [1.165, 1.54) is 180 Å². The minimum absolute atomic E-state index is 0. The topological polar surface area (TPSA) is 55.5 Å². The van der Waals surface area contributed by atoms with Gasteiger partial charge in [-0.05, 0) is 19.3 Å². The Morgan fingerprint density at radius 1 is 0.500 bits per heavy atom. The van der Waals surface area contributed by atoms with Gasteiger partial charge < -0.3 is 15.6 Å². The molecule has 3 nitrogen and oxygen atoms in total. The van der Waals surface area contributed by atoms with E-state index in [-0.39, 0.29) is 35.2 Å². The number of halogens is 1. The van der Waals surface area contributed by atoms with Gasteiger partial charge in [-0.2, -0.15) is 0 Å². The standard InChI is InChI=1S/C38H79NO2.BrH/c1-4-7-9-11-13-15-17-19-21-23-25-27-29-31-33-37(41-36-35-40)38(39,6-3)34-32-30-28-26-24-22-20-18-16-14-12-10-8-5-2;/h37,40H,4-36,39H2,1-3H3;1H. The summed E-state index contributed by atoms with van der Waals surface area (Å²) in [7, 11) is 0. The predicted molar refractivity (Wildman–Crippen MR) is 194 cm³/mol. The van der Waals surface area contributed by atoms with E-state index in [1.54, 1.807) is 0 Å². The summed E-state index contributed by atoms with van der Waals surface area (Å²) < 4.78 is 6.16. The van der Waals surface area contributed by atoms with Crippen molar-refractivity contribution in [2.75, 3.05) is 13.2 Å². The Kier molecular flexibility index (Phi) is 38.0. The van der Waals surface area contributed by atoms with Gasteiger partial charge >= 0.3 is 0 Å². The van der Waals surface area contributed by atoms with Crippen molar-refractivity contribution in [1.82, 2.24) is 0 Å². The smallest absolute Gasteiger partial charge is 0.0755 e. The quantitative estimate of drug-likeness (QED) is 0.0664. The first kappa shape index (κ1) is 44.5. The van der Waals surface area contributed by atoms with Crippen LogP contribution in [0.4, 0.5) is 0 Å². The van der Waals surface area contributed by atoms with Crippen LogP contribution >= 0.6 is 17.0 Å². The maximum atomic E-state index is 9.39. The second-order valence-corrected chi connectivity index (χ2v) is 13.4. The van der Waals surface area contributed by atoms with Crippen LogP contribution in [-0.2, 0) is 4.74 Å². The zero-order valence-corrected chi connectivity index (χ0v) is 31.0. The molecular weight excluding hydrogens is 582 g/mol. The third-order valence-electron chi connectivity index (χ3n) is 9.53. The molecular formula is C38H80BrNO2. The maximum Gasteiger partial charge on any atom is 0.0755 e. The van der Waals surface area contributed by atoms with Gasteiger partial charge in [0.05, 0.1) is 19.3 Å². The highest BCUT2D eigenvalue weighted by Gasteiger charge is 2.33. The summed E-state index contributed by atoms with van der Waals surface area (Å²) in [6, 6.07) is 0. The minimum Gasteiger partial charge on any atom is -0.394 e. The van der Waals surface area contributed by atoms with E-state index in [9.17, 15) is 5.11 Å². The Balaban J connectivity index is 0. The molecule has 0 aliphatic rings. The van der Waals surface area contributed by atoms with Crippen molar-refractivity contribution >= 4 is 17.0 Å². The Morgan fingerprint density at radius 2 is 0.810 bits per heavy atom. The van der Waals surface area contributed by atoms with Crippen LogP contribution < -0.4 is 5.73 Å². The largest absolute Gasteiger partial charge is 0.394 e. The van der Waals surface area contributed by atoms with Crippen LogP contribution in [0, 0.1) is 0 Å². The lowest BCUT2D eigenvalue weighted by Gasteiger charge is -2.37. The molecule has 0 heterocycles. The molecule has 2 unspecified atom stereocenters. The Morgan fingerprint density at radius 3 is 1.12 bits per heavy atom. The number of hydrogen-bond donors (Lipinski definition) is 2. The average Bonchev–Trinajstić information content (AvgIpc) is 2.98. The average molecular weight is 663 g/mol. The van der Waals surface area contributed by atoms with E-state index < -0.39 is 0 Å². The van der Waals surface area contributed by atoms with E-state index >= 15 is 0 Å². The molecule has 256 valence electrons. The molecule has 0 rings (SSSR count). The molecule has 0 aliphatic carbocycles. The van der Waals surface area contributed by atoms with Crippen LogP contribution in [0.2, 0.25) is 0 Å². The third-order valence-corrected chi connectivity index (χ3v) is 9.53. The number of aliphatic hydroxyl groups excluding tert-OH is 1. The van der Waals surface area contributed by atoms with Crippen LogP contribution in [-0.4, -0.2) is 30.0 Å². The molecule has 0 spiro atoms. The van der Waals surface area contributed by atoms with E-state index in [2.05, 4.69) is 20.8 Å². The van der Waals surface area contributed by atoms with Crippen molar-refractivity contribution in [3.8, 4) is 0 Å². The fourth-order valence-electron chi connectivity index (χ4n) is 6.47. The summed E-state index contributed by atoms with van der Waals surface area (Å²) in [5.41, 5.74) is 6.73. The van der Waals surface area contributed by atoms with Crippen molar-refractivity contribution in [2.24, 2.45) is 5.73 Å². The maximum absolute atomic E-state index is 9.39. The molecule has 2 atom stereocenters.